The molecule has 1 aromatic carbocycles. The Hall–Kier alpha value is -2.55. The molecular formula is C16H20N4O4S. The van der Waals surface area contributed by atoms with E-state index in [0.717, 1.165) is 23.1 Å². The Balaban J connectivity index is 2.03. The van der Waals surface area contributed by atoms with Crippen LogP contribution in [0.4, 0.5) is 4.79 Å². The van der Waals surface area contributed by atoms with Crippen molar-refractivity contribution in [2.75, 3.05) is 7.11 Å². The predicted molar refractivity (Wildman–Crippen MR) is 92.3 cm³/mol. The SMILES string of the molecule is COc1ccc(Cc2nnc(S[C@H](C(=O)NC(N)=O)C(C)C)o2)cc1. The Labute approximate surface area is 149 Å². The van der Waals surface area contributed by atoms with Crippen molar-refractivity contribution in [1.29, 1.82) is 0 Å². The van der Waals surface area contributed by atoms with Gasteiger partial charge in [-0.05, 0) is 23.6 Å². The summed E-state index contributed by atoms with van der Waals surface area (Å²) in [4.78, 5) is 22.9. The molecule has 3 amide bonds. The first-order valence-corrected chi connectivity index (χ1v) is 8.49. The van der Waals surface area contributed by atoms with Crippen LogP contribution in [0.5, 0.6) is 5.75 Å². The van der Waals surface area contributed by atoms with Crippen molar-refractivity contribution in [2.45, 2.75) is 30.7 Å². The maximum atomic E-state index is 12.0. The number of hydrogen-bond acceptors (Lipinski definition) is 7. The van der Waals surface area contributed by atoms with E-state index in [9.17, 15) is 9.59 Å². The van der Waals surface area contributed by atoms with Gasteiger partial charge in [0.1, 0.15) is 5.75 Å². The lowest BCUT2D eigenvalue weighted by Crippen LogP contribution is -2.42. The number of imide groups is 1. The normalized spacial score (nSPS) is 12.0. The van der Waals surface area contributed by atoms with Crippen LogP contribution in [-0.2, 0) is 11.2 Å². The molecule has 134 valence electrons. The molecule has 0 saturated carbocycles. The highest BCUT2D eigenvalue weighted by atomic mass is 32.2. The average molecular weight is 364 g/mol. The van der Waals surface area contributed by atoms with Crippen LogP contribution < -0.4 is 15.8 Å². The topological polar surface area (TPSA) is 120 Å². The molecule has 0 bridgehead atoms. The van der Waals surface area contributed by atoms with Gasteiger partial charge in [0.15, 0.2) is 0 Å². The maximum absolute atomic E-state index is 12.0. The fourth-order valence-electron chi connectivity index (χ4n) is 2.07. The van der Waals surface area contributed by atoms with E-state index in [0.29, 0.717) is 12.3 Å². The molecule has 2 rings (SSSR count). The number of carbonyl (C=O) groups is 2. The first-order valence-electron chi connectivity index (χ1n) is 7.61. The van der Waals surface area contributed by atoms with Gasteiger partial charge >= 0.3 is 6.03 Å². The first kappa shape index (κ1) is 18.8. The Kier molecular flexibility index (Phi) is 6.40. The second-order valence-electron chi connectivity index (χ2n) is 5.62. The summed E-state index contributed by atoms with van der Waals surface area (Å²) < 4.78 is 10.7. The fraction of sp³-hybridized carbons (Fsp3) is 0.375. The number of methoxy groups -OCH3 is 1. The molecule has 0 aliphatic rings. The number of nitrogens with one attached hydrogen (secondary N) is 1. The first-order chi connectivity index (χ1) is 11.9. The molecule has 3 N–H and O–H groups in total. The Bertz CT molecular complexity index is 730. The minimum absolute atomic E-state index is 0.0544. The molecule has 0 radical (unpaired) electrons. The highest BCUT2D eigenvalue weighted by Crippen LogP contribution is 2.28. The number of nitrogens with zero attached hydrogens (tertiary/aromatic N) is 2. The molecule has 0 fully saturated rings. The molecule has 0 aliphatic heterocycles. The molecule has 0 saturated heterocycles. The molecule has 0 spiro atoms. The number of carbonyl (C=O) groups excluding carboxylic acids is 2. The van der Waals surface area contributed by atoms with Crippen LogP contribution in [0.1, 0.15) is 25.3 Å². The number of nitrogens with two attached hydrogens (primary N) is 1. The van der Waals surface area contributed by atoms with Crippen molar-refractivity contribution in [3.63, 3.8) is 0 Å². The zero-order chi connectivity index (χ0) is 18.4. The number of hydrogen-bond donors (Lipinski definition) is 2. The zero-order valence-corrected chi connectivity index (χ0v) is 15.0. The number of amides is 3. The number of benzene rings is 1. The summed E-state index contributed by atoms with van der Waals surface area (Å²) in [6.07, 6.45) is 0.470. The molecule has 1 atom stereocenters. The number of rotatable bonds is 7. The van der Waals surface area contributed by atoms with E-state index >= 15 is 0 Å². The van der Waals surface area contributed by atoms with E-state index in [1.54, 1.807) is 7.11 Å². The lowest BCUT2D eigenvalue weighted by Gasteiger charge is -2.16. The average Bonchev–Trinajstić information content (AvgIpc) is 2.99. The molecule has 2 aromatic rings. The van der Waals surface area contributed by atoms with Crippen molar-refractivity contribution in [2.24, 2.45) is 11.7 Å². The number of aromatic nitrogens is 2. The summed E-state index contributed by atoms with van der Waals surface area (Å²) in [5.74, 6) is 0.667. The number of thioether (sulfide) groups is 1. The van der Waals surface area contributed by atoms with Gasteiger partial charge in [0, 0.05) is 0 Å². The minimum Gasteiger partial charge on any atom is -0.497 e. The van der Waals surface area contributed by atoms with E-state index in [4.69, 9.17) is 14.9 Å². The predicted octanol–water partition coefficient (Wildman–Crippen LogP) is 1.98. The lowest BCUT2D eigenvalue weighted by molar-refractivity contribution is -0.120. The molecule has 8 nitrogen and oxygen atoms in total. The second kappa shape index (κ2) is 8.52. The van der Waals surface area contributed by atoms with Crippen molar-refractivity contribution in [3.05, 3.63) is 35.7 Å². The van der Waals surface area contributed by atoms with Crippen molar-refractivity contribution in [3.8, 4) is 5.75 Å². The third kappa shape index (κ3) is 5.49. The largest absolute Gasteiger partial charge is 0.497 e. The summed E-state index contributed by atoms with van der Waals surface area (Å²) >= 11 is 1.10. The molecule has 25 heavy (non-hydrogen) atoms. The van der Waals surface area contributed by atoms with Gasteiger partial charge < -0.3 is 14.9 Å². The van der Waals surface area contributed by atoms with Gasteiger partial charge in [0.25, 0.3) is 5.22 Å². The maximum Gasteiger partial charge on any atom is 0.318 e. The van der Waals surface area contributed by atoms with Crippen LogP contribution >= 0.6 is 11.8 Å². The van der Waals surface area contributed by atoms with Gasteiger partial charge in [-0.2, -0.15) is 0 Å². The summed E-state index contributed by atoms with van der Waals surface area (Å²) in [7, 11) is 1.61. The Morgan fingerprint density at radius 2 is 1.96 bits per heavy atom. The molecule has 0 unspecified atom stereocenters. The number of ether oxygens (including phenoxy) is 1. The highest BCUT2D eigenvalue weighted by molar-refractivity contribution is 8.00. The summed E-state index contributed by atoms with van der Waals surface area (Å²) in [6, 6.07) is 6.64. The van der Waals surface area contributed by atoms with Crippen LogP contribution in [0.25, 0.3) is 0 Å². The Morgan fingerprint density at radius 1 is 1.28 bits per heavy atom. The van der Waals surface area contributed by atoms with Crippen LogP contribution in [0, 0.1) is 5.92 Å². The van der Waals surface area contributed by atoms with Crippen LogP contribution in [0.15, 0.2) is 33.9 Å². The van der Waals surface area contributed by atoms with Gasteiger partial charge in [0.2, 0.25) is 11.8 Å². The molecule has 9 heteroatoms. The van der Waals surface area contributed by atoms with Crippen molar-refractivity contribution < 1.29 is 18.7 Å². The smallest absolute Gasteiger partial charge is 0.318 e. The minimum atomic E-state index is -0.887. The molecule has 1 aromatic heterocycles. The van der Waals surface area contributed by atoms with Gasteiger partial charge in [-0.1, -0.05) is 37.7 Å². The standard InChI is InChI=1S/C16H20N4O4S/c1-9(2)13(14(21)18-15(17)22)25-16-20-19-12(24-16)8-10-4-6-11(23-3)7-5-10/h4-7,9,13H,8H2,1-3H3,(H3,17,18,21,22)/t13-/m0/s1. The van der Waals surface area contributed by atoms with E-state index in [2.05, 4.69) is 15.5 Å². The molecule has 1 heterocycles. The highest BCUT2D eigenvalue weighted by Gasteiger charge is 2.27. The van der Waals surface area contributed by atoms with Gasteiger partial charge in [-0.25, -0.2) is 4.79 Å². The second-order valence-corrected chi connectivity index (χ2v) is 6.72. The third-order valence-corrected chi connectivity index (χ3v) is 4.68. The van der Waals surface area contributed by atoms with Gasteiger partial charge in [-0.3, -0.25) is 10.1 Å². The molecular weight excluding hydrogens is 344 g/mol. The van der Waals surface area contributed by atoms with Crippen molar-refractivity contribution in [1.82, 2.24) is 15.5 Å². The van der Waals surface area contributed by atoms with Gasteiger partial charge in [0.05, 0.1) is 18.8 Å². The number of urea groups is 1. The van der Waals surface area contributed by atoms with Gasteiger partial charge in [-0.15, -0.1) is 10.2 Å². The third-order valence-electron chi connectivity index (χ3n) is 3.30. The summed E-state index contributed by atoms with van der Waals surface area (Å²) in [5, 5.41) is 9.73. The van der Waals surface area contributed by atoms with E-state index in [1.165, 1.54) is 0 Å². The lowest BCUT2D eigenvalue weighted by atomic mass is 10.1. The van der Waals surface area contributed by atoms with Crippen LogP contribution in [-0.4, -0.2) is 34.5 Å². The zero-order valence-electron chi connectivity index (χ0n) is 14.2. The molecule has 0 aliphatic carbocycles. The fourth-order valence-corrected chi connectivity index (χ4v) is 2.96. The van der Waals surface area contributed by atoms with Crippen LogP contribution in [0.3, 0.4) is 0 Å². The summed E-state index contributed by atoms with van der Waals surface area (Å²) in [6.45, 7) is 3.71. The summed E-state index contributed by atoms with van der Waals surface area (Å²) in [5.41, 5.74) is 5.99. The van der Waals surface area contributed by atoms with Crippen molar-refractivity contribution >= 4 is 23.7 Å². The van der Waals surface area contributed by atoms with E-state index in [-0.39, 0.29) is 11.1 Å². The number of primary amides is 1. The Morgan fingerprint density at radius 3 is 2.52 bits per heavy atom. The quantitative estimate of drug-likeness (QED) is 0.721. The van der Waals surface area contributed by atoms with Crippen LogP contribution in [0.2, 0.25) is 0 Å². The van der Waals surface area contributed by atoms with E-state index < -0.39 is 17.2 Å². The van der Waals surface area contributed by atoms with E-state index in [1.807, 2.05) is 38.1 Å². The monoisotopic (exact) mass is 364 g/mol.